The van der Waals surface area contributed by atoms with Crippen LogP contribution in [0.1, 0.15) is 72.0 Å². The van der Waals surface area contributed by atoms with Crippen molar-refractivity contribution in [3.63, 3.8) is 0 Å². The summed E-state index contributed by atoms with van der Waals surface area (Å²) in [7, 11) is 2.46. The largest absolute Gasteiger partial charge is 0.465 e. The number of thiophene rings is 1. The van der Waals surface area contributed by atoms with Gasteiger partial charge in [-0.1, -0.05) is 18.6 Å². The summed E-state index contributed by atoms with van der Waals surface area (Å²) in [6.07, 6.45) is 1.89. The SMILES string of the molecule is COC(=O)c1sc(NC(=O)CCCCCN2C(=O)c3ccccc3C2=O)c(C(=O)OC)c1C. The summed E-state index contributed by atoms with van der Waals surface area (Å²) in [6, 6.07) is 6.72. The van der Waals surface area contributed by atoms with Crippen LogP contribution in [0.25, 0.3) is 0 Å². The van der Waals surface area contributed by atoms with Crippen molar-refractivity contribution in [1.82, 2.24) is 4.90 Å². The van der Waals surface area contributed by atoms with Crippen molar-refractivity contribution in [1.29, 1.82) is 0 Å². The second-order valence-corrected chi connectivity index (χ2v) is 8.43. The fourth-order valence-corrected chi connectivity index (χ4v) is 4.73. The highest BCUT2D eigenvalue weighted by Crippen LogP contribution is 2.34. The predicted molar refractivity (Wildman–Crippen MR) is 121 cm³/mol. The Morgan fingerprint density at radius 3 is 2.12 bits per heavy atom. The number of nitrogens with zero attached hydrogens (tertiary/aromatic N) is 1. The number of unbranched alkanes of at least 4 members (excludes halogenated alkanes) is 2. The minimum absolute atomic E-state index is 0.127. The van der Waals surface area contributed by atoms with Crippen molar-refractivity contribution in [2.24, 2.45) is 0 Å². The van der Waals surface area contributed by atoms with Crippen molar-refractivity contribution in [2.45, 2.75) is 32.6 Å². The maximum atomic E-state index is 12.4. The van der Waals surface area contributed by atoms with Gasteiger partial charge in [-0.25, -0.2) is 9.59 Å². The summed E-state index contributed by atoms with van der Waals surface area (Å²) >= 11 is 0.957. The van der Waals surface area contributed by atoms with Crippen molar-refractivity contribution in [2.75, 3.05) is 26.1 Å². The van der Waals surface area contributed by atoms with Crippen LogP contribution in [0, 0.1) is 6.92 Å². The van der Waals surface area contributed by atoms with Gasteiger partial charge in [0.2, 0.25) is 5.91 Å². The lowest BCUT2D eigenvalue weighted by Gasteiger charge is -2.13. The average Bonchev–Trinajstić information content (AvgIpc) is 3.26. The fraction of sp³-hybridized carbons (Fsp3) is 0.348. The quantitative estimate of drug-likeness (QED) is 0.337. The number of carbonyl (C=O) groups excluding carboxylic acids is 5. The highest BCUT2D eigenvalue weighted by molar-refractivity contribution is 7.18. The molecule has 2 heterocycles. The molecule has 0 bridgehead atoms. The van der Waals surface area contributed by atoms with Crippen LogP contribution in [0.4, 0.5) is 5.00 Å². The van der Waals surface area contributed by atoms with Gasteiger partial charge < -0.3 is 14.8 Å². The first-order chi connectivity index (χ1) is 15.8. The zero-order chi connectivity index (χ0) is 24.1. The molecule has 174 valence electrons. The third kappa shape index (κ3) is 4.95. The number of benzene rings is 1. The van der Waals surface area contributed by atoms with E-state index in [1.807, 2.05) is 0 Å². The highest BCUT2D eigenvalue weighted by atomic mass is 32.1. The van der Waals surface area contributed by atoms with Crippen molar-refractivity contribution in [3.05, 3.63) is 51.4 Å². The Hall–Kier alpha value is -3.53. The minimum atomic E-state index is -0.657. The first-order valence-electron chi connectivity index (χ1n) is 10.3. The molecule has 3 rings (SSSR count). The molecule has 0 radical (unpaired) electrons. The van der Waals surface area contributed by atoms with Gasteiger partial charge in [-0.3, -0.25) is 19.3 Å². The minimum Gasteiger partial charge on any atom is -0.465 e. The third-order valence-electron chi connectivity index (χ3n) is 5.32. The number of hydrogen-bond donors (Lipinski definition) is 1. The number of hydrogen-bond acceptors (Lipinski definition) is 8. The molecule has 1 aromatic heterocycles. The summed E-state index contributed by atoms with van der Waals surface area (Å²) in [5.74, 6) is -2.17. The molecule has 1 N–H and O–H groups in total. The fourth-order valence-electron chi connectivity index (χ4n) is 3.60. The van der Waals surface area contributed by atoms with Gasteiger partial charge in [-0.05, 0) is 37.5 Å². The maximum absolute atomic E-state index is 12.4. The number of fused-ring (bicyclic) bond motifs is 1. The molecule has 1 aromatic carbocycles. The molecule has 9 nitrogen and oxygen atoms in total. The number of carbonyl (C=O) groups is 5. The zero-order valence-electron chi connectivity index (χ0n) is 18.6. The highest BCUT2D eigenvalue weighted by Gasteiger charge is 2.34. The molecule has 10 heteroatoms. The molecule has 0 saturated carbocycles. The number of nitrogens with one attached hydrogen (secondary N) is 1. The van der Waals surface area contributed by atoms with Gasteiger partial charge in [0.1, 0.15) is 9.88 Å². The van der Waals surface area contributed by atoms with Crippen molar-refractivity contribution < 1.29 is 33.4 Å². The topological polar surface area (TPSA) is 119 Å². The van der Waals surface area contributed by atoms with Gasteiger partial charge in [0.05, 0.1) is 30.9 Å². The van der Waals surface area contributed by atoms with Gasteiger partial charge in [-0.2, -0.15) is 0 Å². The van der Waals surface area contributed by atoms with E-state index in [0.29, 0.717) is 36.0 Å². The number of rotatable bonds is 9. The van der Waals surface area contributed by atoms with E-state index in [2.05, 4.69) is 5.32 Å². The third-order valence-corrected chi connectivity index (χ3v) is 6.51. The summed E-state index contributed by atoms with van der Waals surface area (Å²) in [5.41, 5.74) is 1.35. The molecule has 0 aliphatic carbocycles. The second kappa shape index (κ2) is 10.4. The van der Waals surface area contributed by atoms with E-state index >= 15 is 0 Å². The van der Waals surface area contributed by atoms with Gasteiger partial charge in [0, 0.05) is 13.0 Å². The average molecular weight is 473 g/mol. The monoisotopic (exact) mass is 472 g/mol. The molecule has 0 spiro atoms. The molecule has 1 aliphatic rings. The zero-order valence-corrected chi connectivity index (χ0v) is 19.4. The van der Waals surface area contributed by atoms with Gasteiger partial charge in [-0.15, -0.1) is 11.3 Å². The number of methoxy groups -OCH3 is 2. The van der Waals surface area contributed by atoms with Crippen molar-refractivity contribution >= 4 is 46.0 Å². The van der Waals surface area contributed by atoms with Crippen LogP contribution < -0.4 is 5.32 Å². The van der Waals surface area contributed by atoms with E-state index in [4.69, 9.17) is 9.47 Å². The van der Waals surface area contributed by atoms with E-state index < -0.39 is 11.9 Å². The van der Waals surface area contributed by atoms with Crippen LogP contribution in [-0.4, -0.2) is 55.3 Å². The number of imide groups is 1. The van der Waals surface area contributed by atoms with Crippen LogP contribution >= 0.6 is 11.3 Å². The molecular formula is C23H24N2O7S. The van der Waals surface area contributed by atoms with Gasteiger partial charge in [0.15, 0.2) is 0 Å². The van der Waals surface area contributed by atoms with Gasteiger partial charge in [0.25, 0.3) is 11.8 Å². The first-order valence-corrected chi connectivity index (χ1v) is 11.2. The standard InChI is InChI=1S/C23H24N2O7S/c1-13-17(22(29)31-2)19(33-18(13)23(30)32-3)24-16(26)11-5-4-8-12-25-20(27)14-9-6-7-10-15(14)21(25)28/h6-7,9-10H,4-5,8,11-12H2,1-3H3,(H,24,26). The Morgan fingerprint density at radius 2 is 1.55 bits per heavy atom. The number of esters is 2. The predicted octanol–water partition coefficient (Wildman–Crippen LogP) is 3.42. The molecule has 0 saturated heterocycles. The summed E-state index contributed by atoms with van der Waals surface area (Å²) in [5, 5.41) is 2.91. The Labute approximate surface area is 194 Å². The Bertz CT molecular complexity index is 1090. The van der Waals surface area contributed by atoms with Crippen LogP contribution in [0.5, 0.6) is 0 Å². The summed E-state index contributed by atoms with van der Waals surface area (Å²) in [6.45, 7) is 1.87. The van der Waals surface area contributed by atoms with Crippen molar-refractivity contribution in [3.8, 4) is 0 Å². The van der Waals surface area contributed by atoms with E-state index in [9.17, 15) is 24.0 Å². The Balaban J connectivity index is 1.51. The molecule has 3 amide bonds. The molecule has 0 atom stereocenters. The smallest absolute Gasteiger partial charge is 0.348 e. The normalized spacial score (nSPS) is 12.5. The first kappa shape index (κ1) is 24.1. The van der Waals surface area contributed by atoms with Gasteiger partial charge >= 0.3 is 11.9 Å². The lowest BCUT2D eigenvalue weighted by molar-refractivity contribution is -0.116. The van der Waals surface area contributed by atoms with E-state index in [0.717, 1.165) is 11.3 Å². The molecule has 33 heavy (non-hydrogen) atoms. The molecule has 0 fully saturated rings. The van der Waals surface area contributed by atoms with Crippen LogP contribution in [-0.2, 0) is 14.3 Å². The maximum Gasteiger partial charge on any atom is 0.348 e. The lowest BCUT2D eigenvalue weighted by atomic mass is 10.1. The second-order valence-electron chi connectivity index (χ2n) is 7.41. The van der Waals surface area contributed by atoms with E-state index in [1.54, 1.807) is 31.2 Å². The van der Waals surface area contributed by atoms with Crippen LogP contribution in [0.15, 0.2) is 24.3 Å². The molecule has 1 aliphatic heterocycles. The number of anilines is 1. The lowest BCUT2D eigenvalue weighted by Crippen LogP contribution is -2.30. The molecular weight excluding hydrogens is 448 g/mol. The number of amides is 3. The summed E-state index contributed by atoms with van der Waals surface area (Å²) < 4.78 is 9.50. The van der Waals surface area contributed by atoms with E-state index in [-0.39, 0.29) is 46.1 Å². The van der Waals surface area contributed by atoms with Crippen LogP contribution in [0.3, 0.4) is 0 Å². The summed E-state index contributed by atoms with van der Waals surface area (Å²) in [4.78, 5) is 62.7. The van der Waals surface area contributed by atoms with E-state index in [1.165, 1.54) is 19.1 Å². The Kier molecular flexibility index (Phi) is 7.59. The van der Waals surface area contributed by atoms with Crippen LogP contribution in [0.2, 0.25) is 0 Å². The molecule has 2 aromatic rings. The Morgan fingerprint density at radius 1 is 0.939 bits per heavy atom. The molecule has 0 unspecified atom stereocenters. The number of ether oxygens (including phenoxy) is 2.